The quantitative estimate of drug-likeness (QED) is 0.717. The number of thiophene rings is 1. The third-order valence-corrected chi connectivity index (χ3v) is 4.88. The molecule has 0 bridgehead atoms. The first-order valence-corrected chi connectivity index (χ1v) is 7.84. The molecule has 21 heavy (non-hydrogen) atoms. The van der Waals surface area contributed by atoms with Gasteiger partial charge in [-0.15, -0.1) is 11.3 Å². The van der Waals surface area contributed by atoms with E-state index in [2.05, 4.69) is 5.10 Å². The molecule has 3 aromatic heterocycles. The third kappa shape index (κ3) is 1.96. The van der Waals surface area contributed by atoms with E-state index < -0.39 is 0 Å². The highest BCUT2D eigenvalue weighted by molar-refractivity contribution is 7.16. The molecule has 6 nitrogen and oxygen atoms in total. The topological polar surface area (TPSA) is 59.6 Å². The number of rotatable bonds is 2. The summed E-state index contributed by atoms with van der Waals surface area (Å²) >= 11 is 1.57. The minimum Gasteiger partial charge on any atom is -0.341 e. The molecule has 0 N–H and O–H groups in total. The molecule has 7 heteroatoms. The van der Waals surface area contributed by atoms with E-state index in [1.165, 1.54) is 4.68 Å². The van der Waals surface area contributed by atoms with E-state index in [9.17, 15) is 9.59 Å². The van der Waals surface area contributed by atoms with Crippen LogP contribution in [0, 0.1) is 0 Å². The van der Waals surface area contributed by atoms with Crippen molar-refractivity contribution < 1.29 is 4.79 Å². The Hall–Kier alpha value is -2.15. The van der Waals surface area contributed by atoms with Crippen LogP contribution in [0.15, 0.2) is 28.6 Å². The van der Waals surface area contributed by atoms with Gasteiger partial charge in [0, 0.05) is 18.5 Å². The van der Waals surface area contributed by atoms with Crippen LogP contribution in [0.5, 0.6) is 0 Å². The van der Waals surface area contributed by atoms with Gasteiger partial charge >= 0.3 is 0 Å². The molecule has 0 radical (unpaired) electrons. The molecule has 4 rings (SSSR count). The third-order valence-electron chi connectivity index (χ3n) is 3.95. The lowest BCUT2D eigenvalue weighted by molar-refractivity contribution is -0.131. The molecular formula is C14H14N4O2S. The Balaban J connectivity index is 1.73. The average molecular weight is 302 g/mol. The molecule has 0 atom stereocenters. The number of nitrogens with zero attached hydrogens (tertiary/aromatic N) is 4. The smallest absolute Gasteiger partial charge is 0.291 e. The van der Waals surface area contributed by atoms with Crippen LogP contribution in [0.3, 0.4) is 0 Å². The summed E-state index contributed by atoms with van der Waals surface area (Å²) < 4.78 is 3.05. The Kier molecular flexibility index (Phi) is 2.81. The highest BCUT2D eigenvalue weighted by atomic mass is 32.1. The zero-order chi connectivity index (χ0) is 14.4. The summed E-state index contributed by atoms with van der Waals surface area (Å²) in [5, 5.41) is 7.16. The van der Waals surface area contributed by atoms with Crippen molar-refractivity contribution in [2.45, 2.75) is 19.4 Å². The van der Waals surface area contributed by atoms with E-state index in [0.717, 1.165) is 36.1 Å². The Bertz CT molecular complexity index is 885. The van der Waals surface area contributed by atoms with Crippen LogP contribution in [0.4, 0.5) is 0 Å². The number of hydrogen-bond acceptors (Lipinski definition) is 4. The van der Waals surface area contributed by atoms with Gasteiger partial charge in [0.05, 0.1) is 0 Å². The van der Waals surface area contributed by atoms with Crippen LogP contribution in [0.25, 0.3) is 15.7 Å². The van der Waals surface area contributed by atoms with E-state index in [-0.39, 0.29) is 18.0 Å². The van der Waals surface area contributed by atoms with Crippen LogP contribution in [-0.4, -0.2) is 38.1 Å². The molecule has 0 aromatic carbocycles. The van der Waals surface area contributed by atoms with Gasteiger partial charge in [0.15, 0.2) is 0 Å². The van der Waals surface area contributed by atoms with Crippen molar-refractivity contribution in [2.75, 3.05) is 13.1 Å². The molecule has 1 fully saturated rings. The first kappa shape index (κ1) is 12.6. The minimum absolute atomic E-state index is 0.0220. The monoisotopic (exact) mass is 302 g/mol. The SMILES string of the molecule is O=C(Cn1ncn2c(cc3ccsc32)c1=O)N1CCCC1. The summed E-state index contributed by atoms with van der Waals surface area (Å²) in [6, 6.07) is 3.83. The molecule has 0 saturated carbocycles. The maximum Gasteiger partial charge on any atom is 0.291 e. The fourth-order valence-corrected chi connectivity index (χ4v) is 3.69. The summed E-state index contributed by atoms with van der Waals surface area (Å²) in [5.74, 6) is -0.0279. The number of carbonyl (C=O) groups excluding carboxylic acids is 1. The van der Waals surface area contributed by atoms with E-state index >= 15 is 0 Å². The molecule has 3 aromatic rings. The molecule has 1 aliphatic heterocycles. The van der Waals surface area contributed by atoms with Crippen molar-refractivity contribution in [1.29, 1.82) is 0 Å². The van der Waals surface area contributed by atoms with Crippen LogP contribution < -0.4 is 5.56 Å². The maximum absolute atomic E-state index is 12.5. The van der Waals surface area contributed by atoms with Crippen molar-refractivity contribution in [2.24, 2.45) is 0 Å². The molecule has 0 aliphatic carbocycles. The van der Waals surface area contributed by atoms with Crippen molar-refractivity contribution in [3.05, 3.63) is 34.2 Å². The van der Waals surface area contributed by atoms with Gasteiger partial charge in [0.2, 0.25) is 5.91 Å². The van der Waals surface area contributed by atoms with Crippen molar-refractivity contribution >= 4 is 33.0 Å². The lowest BCUT2D eigenvalue weighted by atomic mass is 10.4. The van der Waals surface area contributed by atoms with Gasteiger partial charge in [-0.3, -0.25) is 14.0 Å². The van der Waals surface area contributed by atoms with E-state index in [1.54, 1.807) is 27.0 Å². The molecule has 1 aliphatic rings. The number of fused-ring (bicyclic) bond motifs is 3. The van der Waals surface area contributed by atoms with Gasteiger partial charge in [0.25, 0.3) is 5.56 Å². The normalized spacial score (nSPS) is 15.3. The summed E-state index contributed by atoms with van der Waals surface area (Å²) in [5.41, 5.74) is 0.356. The summed E-state index contributed by atoms with van der Waals surface area (Å²) in [6.07, 6.45) is 3.71. The van der Waals surface area contributed by atoms with Crippen LogP contribution in [-0.2, 0) is 11.3 Å². The summed E-state index contributed by atoms with van der Waals surface area (Å²) in [6.45, 7) is 1.60. The molecule has 0 spiro atoms. The zero-order valence-electron chi connectivity index (χ0n) is 11.4. The highest BCUT2D eigenvalue weighted by Gasteiger charge is 2.19. The van der Waals surface area contributed by atoms with Gasteiger partial charge in [-0.1, -0.05) is 0 Å². The standard InChI is InChI=1S/C14H14N4O2S/c19-12(16-4-1-2-5-16)8-18-13(20)11-7-10-3-6-21-14(10)17(11)9-15-18/h3,6-7,9H,1-2,4-5,8H2. The molecular weight excluding hydrogens is 288 g/mol. The van der Waals surface area contributed by atoms with E-state index in [1.807, 2.05) is 17.5 Å². The highest BCUT2D eigenvalue weighted by Crippen LogP contribution is 2.23. The first-order valence-electron chi connectivity index (χ1n) is 6.96. The predicted octanol–water partition coefficient (Wildman–Crippen LogP) is 1.33. The number of amides is 1. The molecule has 108 valence electrons. The zero-order valence-corrected chi connectivity index (χ0v) is 12.2. The maximum atomic E-state index is 12.5. The molecule has 1 saturated heterocycles. The molecule has 0 unspecified atom stereocenters. The molecule has 1 amide bonds. The summed E-state index contributed by atoms with van der Waals surface area (Å²) in [7, 11) is 0. The van der Waals surface area contributed by atoms with Gasteiger partial charge in [-0.05, 0) is 30.4 Å². The first-order chi connectivity index (χ1) is 10.2. The van der Waals surface area contributed by atoms with Crippen LogP contribution in [0.1, 0.15) is 12.8 Å². The number of carbonyl (C=O) groups is 1. The lowest BCUT2D eigenvalue weighted by Crippen LogP contribution is -2.36. The second kappa shape index (κ2) is 4.70. The van der Waals surface area contributed by atoms with Crippen LogP contribution >= 0.6 is 11.3 Å². The average Bonchev–Trinajstić information content (AvgIpc) is 3.17. The predicted molar refractivity (Wildman–Crippen MR) is 80.6 cm³/mol. The Morgan fingerprint density at radius 2 is 2.14 bits per heavy atom. The summed E-state index contributed by atoms with van der Waals surface area (Å²) in [4.78, 5) is 27.4. The fourth-order valence-electron chi connectivity index (χ4n) is 2.83. The largest absolute Gasteiger partial charge is 0.341 e. The van der Waals surface area contributed by atoms with Gasteiger partial charge < -0.3 is 4.90 Å². The van der Waals surface area contributed by atoms with Crippen LogP contribution in [0.2, 0.25) is 0 Å². The number of hydrogen-bond donors (Lipinski definition) is 0. The van der Waals surface area contributed by atoms with E-state index in [4.69, 9.17) is 0 Å². The van der Waals surface area contributed by atoms with Crippen molar-refractivity contribution in [3.8, 4) is 0 Å². The van der Waals surface area contributed by atoms with E-state index in [0.29, 0.717) is 5.52 Å². The fraction of sp³-hybridized carbons (Fsp3) is 0.357. The van der Waals surface area contributed by atoms with Gasteiger partial charge in [0.1, 0.15) is 23.2 Å². The molecule has 4 heterocycles. The minimum atomic E-state index is -0.214. The second-order valence-corrected chi connectivity index (χ2v) is 6.16. The number of aromatic nitrogens is 3. The van der Waals surface area contributed by atoms with Crippen molar-refractivity contribution in [1.82, 2.24) is 19.1 Å². The Morgan fingerprint density at radius 3 is 2.95 bits per heavy atom. The van der Waals surface area contributed by atoms with Gasteiger partial charge in [-0.2, -0.15) is 5.10 Å². The second-order valence-electron chi connectivity index (χ2n) is 5.26. The lowest BCUT2D eigenvalue weighted by Gasteiger charge is -2.15. The van der Waals surface area contributed by atoms with Crippen molar-refractivity contribution in [3.63, 3.8) is 0 Å². The Labute approximate surface area is 124 Å². The van der Waals surface area contributed by atoms with Gasteiger partial charge in [-0.25, -0.2) is 4.68 Å². The number of likely N-dealkylation sites (tertiary alicyclic amines) is 1. The Morgan fingerprint density at radius 1 is 1.33 bits per heavy atom.